The highest BCUT2D eigenvalue weighted by Gasteiger charge is 2.16. The largest absolute Gasteiger partial charge is 0.352 e. The van der Waals surface area contributed by atoms with Gasteiger partial charge in [0, 0.05) is 17.7 Å². The van der Waals surface area contributed by atoms with E-state index in [9.17, 15) is 4.79 Å². The van der Waals surface area contributed by atoms with Crippen molar-refractivity contribution in [3.8, 4) is 22.4 Å². The summed E-state index contributed by atoms with van der Waals surface area (Å²) >= 11 is 0. The number of allylic oxidation sites excluding steroid dienone is 3. The molecule has 0 fully saturated rings. The van der Waals surface area contributed by atoms with E-state index >= 15 is 0 Å². The second-order valence-electron chi connectivity index (χ2n) is 8.33. The van der Waals surface area contributed by atoms with Crippen LogP contribution >= 0.6 is 0 Å². The van der Waals surface area contributed by atoms with Gasteiger partial charge in [0.1, 0.15) is 0 Å². The summed E-state index contributed by atoms with van der Waals surface area (Å²) in [4.78, 5) is 17.5. The molecule has 0 aliphatic heterocycles. The van der Waals surface area contributed by atoms with E-state index in [1.165, 1.54) is 16.7 Å². The number of rotatable bonds is 9. The second kappa shape index (κ2) is 11.9. The number of aryl methyl sites for hydroxylation is 1. The van der Waals surface area contributed by atoms with E-state index in [-0.39, 0.29) is 5.91 Å². The standard InChI is InChI=1S/C31H34N2O/c1-6-10-29-27(8-3)28(31(34)32-9-4)21-30(33-29)26-19-17-25(18-20-26)24-15-13-23(14-16-24)12-11-22(5)7-2/h6-8,10,13-21H,3,9,11-12H2,1-2,4-5H3,(H,32,34)/b10-6-,22-7+. The minimum atomic E-state index is -0.117. The fourth-order valence-electron chi connectivity index (χ4n) is 3.85. The van der Waals surface area contributed by atoms with E-state index in [0.29, 0.717) is 12.1 Å². The molecule has 0 spiro atoms. The predicted octanol–water partition coefficient (Wildman–Crippen LogP) is 7.74. The van der Waals surface area contributed by atoms with Crippen LogP contribution in [0.1, 0.15) is 61.3 Å². The first-order valence-electron chi connectivity index (χ1n) is 11.9. The summed E-state index contributed by atoms with van der Waals surface area (Å²) in [6.45, 7) is 12.6. The number of nitrogens with one attached hydrogen (secondary N) is 1. The topological polar surface area (TPSA) is 42.0 Å². The van der Waals surface area contributed by atoms with E-state index in [1.54, 1.807) is 6.08 Å². The second-order valence-corrected chi connectivity index (χ2v) is 8.33. The van der Waals surface area contributed by atoms with Crippen molar-refractivity contribution in [1.82, 2.24) is 10.3 Å². The van der Waals surface area contributed by atoms with Gasteiger partial charge >= 0.3 is 0 Å². The highest BCUT2D eigenvalue weighted by atomic mass is 16.1. The third kappa shape index (κ3) is 5.99. The summed E-state index contributed by atoms with van der Waals surface area (Å²) in [5.41, 5.74) is 8.91. The van der Waals surface area contributed by atoms with Crippen molar-refractivity contribution >= 4 is 18.1 Å². The molecule has 0 saturated carbocycles. The number of carbonyl (C=O) groups excluding carboxylic acids is 1. The molecule has 0 aliphatic carbocycles. The molecule has 0 radical (unpaired) electrons. The van der Waals surface area contributed by atoms with Gasteiger partial charge in [-0.2, -0.15) is 0 Å². The van der Waals surface area contributed by atoms with E-state index in [0.717, 1.165) is 40.9 Å². The number of aromatic nitrogens is 1. The fourth-order valence-corrected chi connectivity index (χ4v) is 3.85. The predicted molar refractivity (Wildman–Crippen MR) is 146 cm³/mol. The van der Waals surface area contributed by atoms with Gasteiger partial charge in [-0.3, -0.25) is 4.79 Å². The number of amides is 1. The summed E-state index contributed by atoms with van der Waals surface area (Å²) in [5.74, 6) is -0.117. The molecular formula is C31H34N2O. The van der Waals surface area contributed by atoms with Gasteiger partial charge in [-0.1, -0.05) is 78.9 Å². The summed E-state index contributed by atoms with van der Waals surface area (Å²) in [5, 5.41) is 2.90. The zero-order valence-corrected chi connectivity index (χ0v) is 20.7. The molecule has 1 aromatic heterocycles. The molecule has 3 heteroatoms. The van der Waals surface area contributed by atoms with E-state index in [2.05, 4.69) is 80.4 Å². The van der Waals surface area contributed by atoms with Gasteiger partial charge in [0.25, 0.3) is 5.91 Å². The van der Waals surface area contributed by atoms with Crippen molar-refractivity contribution in [2.24, 2.45) is 0 Å². The lowest BCUT2D eigenvalue weighted by Gasteiger charge is -2.13. The highest BCUT2D eigenvalue weighted by Crippen LogP contribution is 2.28. The molecular weight excluding hydrogens is 416 g/mol. The van der Waals surface area contributed by atoms with Crippen LogP contribution in [0.4, 0.5) is 0 Å². The molecule has 1 N–H and O–H groups in total. The quantitative estimate of drug-likeness (QED) is 0.339. The Bertz CT molecular complexity index is 1200. The van der Waals surface area contributed by atoms with Crippen LogP contribution in [-0.4, -0.2) is 17.4 Å². The number of hydrogen-bond acceptors (Lipinski definition) is 2. The molecule has 0 saturated heterocycles. The smallest absolute Gasteiger partial charge is 0.252 e. The van der Waals surface area contributed by atoms with Gasteiger partial charge in [0.2, 0.25) is 0 Å². The molecule has 2 aromatic carbocycles. The van der Waals surface area contributed by atoms with Gasteiger partial charge < -0.3 is 5.32 Å². The van der Waals surface area contributed by atoms with Gasteiger partial charge in [-0.25, -0.2) is 4.98 Å². The molecule has 0 bridgehead atoms. The minimum Gasteiger partial charge on any atom is -0.352 e. The summed E-state index contributed by atoms with van der Waals surface area (Å²) < 4.78 is 0. The average molecular weight is 451 g/mol. The number of hydrogen-bond donors (Lipinski definition) is 1. The summed E-state index contributed by atoms with van der Waals surface area (Å²) in [6, 6.07) is 19.0. The molecule has 34 heavy (non-hydrogen) atoms. The first-order chi connectivity index (χ1) is 16.5. The van der Waals surface area contributed by atoms with Crippen molar-refractivity contribution < 1.29 is 4.79 Å². The van der Waals surface area contributed by atoms with Crippen molar-refractivity contribution in [3.05, 3.63) is 101 Å². The van der Waals surface area contributed by atoms with Crippen LogP contribution in [0.15, 0.2) is 78.9 Å². The third-order valence-electron chi connectivity index (χ3n) is 5.97. The monoisotopic (exact) mass is 450 g/mol. The van der Waals surface area contributed by atoms with Gasteiger partial charge in [0.15, 0.2) is 0 Å². The Labute approximate surface area is 204 Å². The van der Waals surface area contributed by atoms with Crippen molar-refractivity contribution in [3.63, 3.8) is 0 Å². The van der Waals surface area contributed by atoms with Crippen LogP contribution in [0.2, 0.25) is 0 Å². The third-order valence-corrected chi connectivity index (χ3v) is 5.97. The van der Waals surface area contributed by atoms with E-state index < -0.39 is 0 Å². The van der Waals surface area contributed by atoms with Crippen LogP contribution in [0.5, 0.6) is 0 Å². The maximum Gasteiger partial charge on any atom is 0.252 e. The maximum atomic E-state index is 12.7. The Morgan fingerprint density at radius 2 is 1.62 bits per heavy atom. The van der Waals surface area contributed by atoms with Crippen molar-refractivity contribution in [1.29, 1.82) is 0 Å². The van der Waals surface area contributed by atoms with Crippen LogP contribution in [0.25, 0.3) is 34.5 Å². The SMILES string of the molecule is C=Cc1c(C(=O)NCC)cc(-c2ccc(-c3ccc(CC/C(C)=C/C)cc3)cc2)nc1/C=C\C. The van der Waals surface area contributed by atoms with Gasteiger partial charge in [-0.05, 0) is 69.4 Å². The normalized spacial score (nSPS) is 11.6. The maximum absolute atomic E-state index is 12.7. The zero-order chi connectivity index (χ0) is 24.5. The Morgan fingerprint density at radius 3 is 2.18 bits per heavy atom. The molecule has 0 atom stereocenters. The summed E-state index contributed by atoms with van der Waals surface area (Å²) in [6.07, 6.45) is 9.86. The first-order valence-corrected chi connectivity index (χ1v) is 11.9. The molecule has 174 valence electrons. The van der Waals surface area contributed by atoms with Crippen LogP contribution < -0.4 is 5.32 Å². The highest BCUT2D eigenvalue weighted by molar-refractivity contribution is 5.99. The molecule has 3 aromatic rings. The van der Waals surface area contributed by atoms with Crippen LogP contribution in [-0.2, 0) is 6.42 Å². The first kappa shape index (κ1) is 24.9. The van der Waals surface area contributed by atoms with Crippen LogP contribution in [0, 0.1) is 0 Å². The van der Waals surface area contributed by atoms with Gasteiger partial charge in [0.05, 0.1) is 17.0 Å². The molecule has 0 unspecified atom stereocenters. The Balaban J connectivity index is 1.90. The lowest BCUT2D eigenvalue weighted by Crippen LogP contribution is -2.24. The Morgan fingerprint density at radius 1 is 1.00 bits per heavy atom. The average Bonchev–Trinajstić information content (AvgIpc) is 2.87. The summed E-state index contributed by atoms with van der Waals surface area (Å²) in [7, 11) is 0. The van der Waals surface area contributed by atoms with Crippen molar-refractivity contribution in [2.45, 2.75) is 40.5 Å². The molecule has 3 rings (SSSR count). The number of nitrogens with zero attached hydrogens (tertiary/aromatic N) is 1. The van der Waals surface area contributed by atoms with Crippen molar-refractivity contribution in [2.75, 3.05) is 6.54 Å². The molecule has 1 amide bonds. The van der Waals surface area contributed by atoms with E-state index in [4.69, 9.17) is 4.98 Å². The fraction of sp³-hybridized carbons (Fsp3) is 0.226. The zero-order valence-electron chi connectivity index (χ0n) is 20.7. The lowest BCUT2D eigenvalue weighted by atomic mass is 9.98. The molecule has 3 nitrogen and oxygen atoms in total. The Kier molecular flexibility index (Phi) is 8.75. The Hall–Kier alpha value is -3.72. The molecule has 0 aliphatic rings. The number of benzene rings is 2. The van der Waals surface area contributed by atoms with Gasteiger partial charge in [-0.15, -0.1) is 0 Å². The minimum absolute atomic E-state index is 0.117. The molecule has 1 heterocycles. The number of pyridine rings is 1. The van der Waals surface area contributed by atoms with Crippen LogP contribution in [0.3, 0.4) is 0 Å². The lowest BCUT2D eigenvalue weighted by molar-refractivity contribution is 0.0955. The van der Waals surface area contributed by atoms with E-state index in [1.807, 2.05) is 32.1 Å². The number of carbonyl (C=O) groups is 1.